The molecule has 4 nitrogen and oxygen atoms in total. The molecular formula is C13H22O4S3. The zero-order valence-corrected chi connectivity index (χ0v) is 14.2. The van der Waals surface area contributed by atoms with Crippen molar-refractivity contribution >= 4 is 39.4 Å². The van der Waals surface area contributed by atoms with Crippen LogP contribution in [0.15, 0.2) is 12.7 Å². The predicted octanol–water partition coefficient (Wildman–Crippen LogP) is 3.14. The number of hydrogen-bond donors (Lipinski definition) is 1. The Balaban J connectivity index is 2.71. The van der Waals surface area contributed by atoms with E-state index in [0.717, 1.165) is 25.7 Å². The summed E-state index contributed by atoms with van der Waals surface area (Å²) in [6.45, 7) is 5.59. The highest BCUT2D eigenvalue weighted by Crippen LogP contribution is 2.52. The largest absolute Gasteiger partial charge is 0.294 e. The number of rotatable bonds is 9. The summed E-state index contributed by atoms with van der Waals surface area (Å²) >= 11 is 2.86. The topological polar surface area (TPSA) is 71.4 Å². The Hall–Kier alpha value is 0.0200. The van der Waals surface area contributed by atoms with Gasteiger partial charge >= 0.3 is 0 Å². The molecule has 0 aromatic heterocycles. The minimum absolute atomic E-state index is 0.0618. The molecule has 0 aliphatic carbocycles. The zero-order chi connectivity index (χ0) is 15.2. The summed E-state index contributed by atoms with van der Waals surface area (Å²) in [6, 6.07) is 0. The van der Waals surface area contributed by atoms with Gasteiger partial charge in [-0.3, -0.25) is 9.35 Å². The van der Waals surface area contributed by atoms with Crippen molar-refractivity contribution < 1.29 is 17.8 Å². The fourth-order valence-corrected chi connectivity index (χ4v) is 7.61. The molecule has 1 aliphatic rings. The Morgan fingerprint density at radius 3 is 2.70 bits per heavy atom. The molecular weight excluding hydrogens is 316 g/mol. The third kappa shape index (κ3) is 5.79. The first-order valence-corrected chi connectivity index (χ1v) is 10.2. The third-order valence-corrected chi connectivity index (χ3v) is 8.10. The summed E-state index contributed by atoms with van der Waals surface area (Å²) in [6.07, 6.45) is 6.18. The van der Waals surface area contributed by atoms with Crippen molar-refractivity contribution in [3.63, 3.8) is 0 Å². The van der Waals surface area contributed by atoms with Crippen LogP contribution in [0.1, 0.15) is 39.0 Å². The Kier molecular flexibility index (Phi) is 7.11. The average molecular weight is 339 g/mol. The van der Waals surface area contributed by atoms with Gasteiger partial charge in [0.15, 0.2) is 5.78 Å². The second-order valence-corrected chi connectivity index (χ2v) is 9.67. The van der Waals surface area contributed by atoms with Crippen LogP contribution in [0.5, 0.6) is 0 Å². The monoisotopic (exact) mass is 338 g/mol. The molecule has 1 rings (SSSR count). The van der Waals surface area contributed by atoms with E-state index < -0.39 is 14.2 Å². The molecule has 0 amide bonds. The lowest BCUT2D eigenvalue weighted by Crippen LogP contribution is -2.29. The molecule has 0 spiro atoms. The van der Waals surface area contributed by atoms with Crippen LogP contribution in [0.4, 0.5) is 0 Å². The van der Waals surface area contributed by atoms with Crippen molar-refractivity contribution in [1.29, 1.82) is 0 Å². The van der Waals surface area contributed by atoms with Crippen LogP contribution in [-0.2, 0) is 14.9 Å². The molecule has 0 radical (unpaired) electrons. The number of unbranched alkanes of at least 4 members (excludes halogenated alkanes) is 3. The Morgan fingerprint density at radius 2 is 2.15 bits per heavy atom. The first-order valence-electron chi connectivity index (χ1n) is 6.75. The number of ketones is 1. The molecule has 1 fully saturated rings. The summed E-state index contributed by atoms with van der Waals surface area (Å²) in [7, 11) is -4.04. The van der Waals surface area contributed by atoms with E-state index in [9.17, 15) is 13.2 Å². The Labute approximate surface area is 129 Å². The van der Waals surface area contributed by atoms with Crippen LogP contribution < -0.4 is 0 Å². The van der Waals surface area contributed by atoms with Gasteiger partial charge in [0.2, 0.25) is 0 Å². The zero-order valence-electron chi connectivity index (χ0n) is 11.7. The third-order valence-electron chi connectivity index (χ3n) is 3.19. The highest BCUT2D eigenvalue weighted by atomic mass is 32.2. The molecule has 1 N–H and O–H groups in total. The van der Waals surface area contributed by atoms with Crippen molar-refractivity contribution in [3.05, 3.63) is 12.7 Å². The summed E-state index contributed by atoms with van der Waals surface area (Å²) < 4.78 is 31.1. The van der Waals surface area contributed by atoms with E-state index in [0.29, 0.717) is 12.2 Å². The van der Waals surface area contributed by atoms with Gasteiger partial charge in [-0.2, -0.15) is 8.42 Å². The van der Waals surface area contributed by atoms with Gasteiger partial charge in [-0.15, -0.1) is 23.5 Å². The minimum atomic E-state index is -4.04. The maximum atomic E-state index is 11.7. The van der Waals surface area contributed by atoms with E-state index >= 15 is 0 Å². The summed E-state index contributed by atoms with van der Waals surface area (Å²) in [5.74, 6) is 0.231. The van der Waals surface area contributed by atoms with Crippen LogP contribution in [0, 0.1) is 0 Å². The van der Waals surface area contributed by atoms with Crippen LogP contribution >= 0.6 is 23.5 Å². The number of thioether (sulfide) groups is 2. The highest BCUT2D eigenvalue weighted by molar-refractivity contribution is 8.22. The molecule has 1 saturated heterocycles. The molecule has 1 aliphatic heterocycles. The van der Waals surface area contributed by atoms with Crippen molar-refractivity contribution in [2.45, 2.75) is 48.4 Å². The maximum absolute atomic E-state index is 11.7. The first kappa shape index (κ1) is 18.1. The smallest absolute Gasteiger partial charge is 0.267 e. The minimum Gasteiger partial charge on any atom is -0.294 e. The highest BCUT2D eigenvalue weighted by Gasteiger charge is 2.45. The molecule has 1 heterocycles. The molecule has 0 aromatic carbocycles. The van der Waals surface area contributed by atoms with E-state index in [-0.39, 0.29) is 16.8 Å². The molecule has 20 heavy (non-hydrogen) atoms. The lowest BCUT2D eigenvalue weighted by molar-refractivity contribution is -0.113. The van der Waals surface area contributed by atoms with Crippen molar-refractivity contribution in [2.75, 3.05) is 11.5 Å². The van der Waals surface area contributed by atoms with E-state index in [1.165, 1.54) is 29.6 Å². The molecule has 2 unspecified atom stereocenters. The van der Waals surface area contributed by atoms with Gasteiger partial charge < -0.3 is 0 Å². The molecule has 0 bridgehead atoms. The van der Waals surface area contributed by atoms with Crippen molar-refractivity contribution in [1.82, 2.24) is 0 Å². The molecule has 0 saturated carbocycles. The molecule has 7 heteroatoms. The van der Waals surface area contributed by atoms with Crippen LogP contribution in [0.25, 0.3) is 0 Å². The van der Waals surface area contributed by atoms with Gasteiger partial charge in [0, 0.05) is 5.75 Å². The van der Waals surface area contributed by atoms with Gasteiger partial charge in [-0.05, 0) is 12.5 Å². The Bertz CT molecular complexity index is 447. The number of carbonyl (C=O) groups is 1. The van der Waals surface area contributed by atoms with Gasteiger partial charge in [-0.1, -0.05) is 39.2 Å². The van der Waals surface area contributed by atoms with Gasteiger partial charge in [0.25, 0.3) is 10.1 Å². The van der Waals surface area contributed by atoms with E-state index in [4.69, 9.17) is 4.55 Å². The standard InChI is InChI=1S/C13H22O4S3/c1-3-5-6-7-8-13(10-20(15,16)17)18-9-12(19-13)11(14)4-2/h4,12H,2-3,5-10H2,1H3,(H,15,16,17). The Morgan fingerprint density at radius 1 is 1.45 bits per heavy atom. The predicted molar refractivity (Wildman–Crippen MR) is 86.9 cm³/mol. The second-order valence-electron chi connectivity index (χ2n) is 4.97. The fraction of sp³-hybridized carbons (Fsp3) is 0.769. The lowest BCUT2D eigenvalue weighted by atomic mass is 10.1. The molecule has 116 valence electrons. The molecule has 2 atom stereocenters. The van der Waals surface area contributed by atoms with Gasteiger partial charge in [0.05, 0.1) is 15.1 Å². The van der Waals surface area contributed by atoms with Crippen LogP contribution in [-0.4, -0.2) is 39.6 Å². The average Bonchev–Trinajstić information content (AvgIpc) is 2.76. The summed E-state index contributed by atoms with van der Waals surface area (Å²) in [5.41, 5.74) is 0. The lowest BCUT2D eigenvalue weighted by Gasteiger charge is -2.26. The molecule has 0 aromatic rings. The van der Waals surface area contributed by atoms with Gasteiger partial charge in [0.1, 0.15) is 0 Å². The van der Waals surface area contributed by atoms with Gasteiger partial charge in [-0.25, -0.2) is 0 Å². The number of allylic oxidation sites excluding steroid dienone is 1. The fourth-order valence-electron chi connectivity index (χ4n) is 2.20. The normalized spacial score (nSPS) is 26.6. The van der Waals surface area contributed by atoms with E-state index in [2.05, 4.69) is 13.5 Å². The number of carbonyl (C=O) groups excluding carboxylic acids is 1. The number of hydrogen-bond acceptors (Lipinski definition) is 5. The van der Waals surface area contributed by atoms with Crippen molar-refractivity contribution in [2.24, 2.45) is 0 Å². The maximum Gasteiger partial charge on any atom is 0.267 e. The second kappa shape index (κ2) is 7.87. The van der Waals surface area contributed by atoms with Crippen LogP contribution in [0.3, 0.4) is 0 Å². The van der Waals surface area contributed by atoms with Crippen molar-refractivity contribution in [3.8, 4) is 0 Å². The summed E-state index contributed by atoms with van der Waals surface area (Å²) in [4.78, 5) is 11.7. The van der Waals surface area contributed by atoms with Crippen LogP contribution in [0.2, 0.25) is 0 Å². The van der Waals surface area contributed by atoms with E-state index in [1.54, 1.807) is 0 Å². The van der Waals surface area contributed by atoms with E-state index in [1.807, 2.05) is 0 Å². The summed E-state index contributed by atoms with van der Waals surface area (Å²) in [5, 5.41) is -0.245. The quantitative estimate of drug-likeness (QED) is 0.395. The SMILES string of the molecule is C=CC(=O)C1CSC(CCCCCC)(CS(=O)(=O)O)S1. The first-order chi connectivity index (χ1) is 9.32.